The number of nitrogens with zero attached hydrogens (tertiary/aromatic N) is 1. The smallest absolute Gasteiger partial charge is 0.245 e. The maximum absolute atomic E-state index is 12.7. The number of rotatable bonds is 7. The van der Waals surface area contributed by atoms with Gasteiger partial charge in [-0.15, -0.1) is 0 Å². The number of nitrogens with one attached hydrogen (secondary N) is 1. The van der Waals surface area contributed by atoms with Gasteiger partial charge in [-0.3, -0.25) is 4.79 Å². The van der Waals surface area contributed by atoms with Crippen molar-refractivity contribution in [2.45, 2.75) is 25.9 Å². The second kappa shape index (κ2) is 8.22. The number of hydrogen-bond donors (Lipinski definition) is 1. The van der Waals surface area contributed by atoms with Gasteiger partial charge in [0.15, 0.2) is 0 Å². The highest BCUT2D eigenvalue weighted by atomic mass is 16.5. The Kier molecular flexibility index (Phi) is 6.03. The number of likely N-dealkylation sites (N-methyl/N-ethyl adjacent to an activating group) is 1. The van der Waals surface area contributed by atoms with E-state index in [1.807, 2.05) is 68.6 Å². The predicted octanol–water partition coefficient (Wildman–Crippen LogP) is 3.54. The van der Waals surface area contributed by atoms with Gasteiger partial charge >= 0.3 is 0 Å². The van der Waals surface area contributed by atoms with Gasteiger partial charge in [0.25, 0.3) is 0 Å². The van der Waals surface area contributed by atoms with Gasteiger partial charge in [0.2, 0.25) is 5.91 Å². The lowest BCUT2D eigenvalue weighted by Gasteiger charge is -2.24. The first-order valence-electron chi connectivity index (χ1n) is 7.83. The SMILES string of the molecule is CCC(Nc1cccc(OC)c1)C(=O)N(C)Cc1ccccc1. The van der Waals surface area contributed by atoms with Gasteiger partial charge in [-0.1, -0.05) is 43.3 Å². The first-order chi connectivity index (χ1) is 11.1. The number of carbonyl (C=O) groups is 1. The molecule has 0 radical (unpaired) electrons. The quantitative estimate of drug-likeness (QED) is 0.850. The van der Waals surface area contributed by atoms with Gasteiger partial charge in [0.1, 0.15) is 11.8 Å². The highest BCUT2D eigenvalue weighted by Crippen LogP contribution is 2.18. The Morgan fingerprint density at radius 3 is 2.57 bits per heavy atom. The normalized spacial score (nSPS) is 11.6. The second-order valence-electron chi connectivity index (χ2n) is 5.52. The van der Waals surface area contributed by atoms with Crippen LogP contribution >= 0.6 is 0 Å². The van der Waals surface area contributed by atoms with Gasteiger partial charge in [0, 0.05) is 25.3 Å². The molecule has 0 aliphatic heterocycles. The molecule has 0 fully saturated rings. The number of hydrogen-bond acceptors (Lipinski definition) is 3. The number of anilines is 1. The van der Waals surface area contributed by atoms with Crippen LogP contribution in [-0.4, -0.2) is 31.0 Å². The molecule has 1 unspecified atom stereocenters. The Hall–Kier alpha value is -2.49. The third-order valence-electron chi connectivity index (χ3n) is 3.76. The maximum Gasteiger partial charge on any atom is 0.245 e. The zero-order chi connectivity index (χ0) is 16.7. The van der Waals surface area contributed by atoms with Crippen LogP contribution in [0.5, 0.6) is 5.75 Å². The summed E-state index contributed by atoms with van der Waals surface area (Å²) in [5, 5.41) is 3.30. The van der Waals surface area contributed by atoms with Crippen LogP contribution in [0.4, 0.5) is 5.69 Å². The fraction of sp³-hybridized carbons (Fsp3) is 0.316. The van der Waals surface area contributed by atoms with E-state index in [2.05, 4.69) is 5.32 Å². The molecule has 1 amide bonds. The Morgan fingerprint density at radius 1 is 1.17 bits per heavy atom. The van der Waals surface area contributed by atoms with Crippen molar-refractivity contribution in [2.24, 2.45) is 0 Å². The lowest BCUT2D eigenvalue weighted by Crippen LogP contribution is -2.40. The molecule has 1 N–H and O–H groups in total. The zero-order valence-electron chi connectivity index (χ0n) is 14.0. The molecule has 2 rings (SSSR count). The predicted molar refractivity (Wildman–Crippen MR) is 93.6 cm³/mol. The molecule has 1 atom stereocenters. The maximum atomic E-state index is 12.7. The molecule has 4 heteroatoms. The fourth-order valence-corrected chi connectivity index (χ4v) is 2.45. The largest absolute Gasteiger partial charge is 0.497 e. The summed E-state index contributed by atoms with van der Waals surface area (Å²) >= 11 is 0. The molecule has 122 valence electrons. The van der Waals surface area contributed by atoms with Crippen molar-refractivity contribution in [2.75, 3.05) is 19.5 Å². The summed E-state index contributed by atoms with van der Waals surface area (Å²) in [6.07, 6.45) is 0.717. The van der Waals surface area contributed by atoms with Crippen molar-refractivity contribution in [3.63, 3.8) is 0 Å². The van der Waals surface area contributed by atoms with E-state index in [-0.39, 0.29) is 11.9 Å². The van der Waals surface area contributed by atoms with Crippen LogP contribution in [-0.2, 0) is 11.3 Å². The molecule has 23 heavy (non-hydrogen) atoms. The number of benzene rings is 2. The molecule has 2 aromatic carbocycles. The van der Waals surface area contributed by atoms with Crippen LogP contribution < -0.4 is 10.1 Å². The number of carbonyl (C=O) groups excluding carboxylic acids is 1. The van der Waals surface area contributed by atoms with Crippen LogP contribution in [0.2, 0.25) is 0 Å². The third-order valence-corrected chi connectivity index (χ3v) is 3.76. The van der Waals surface area contributed by atoms with E-state index < -0.39 is 0 Å². The molecular formula is C19H24N2O2. The van der Waals surface area contributed by atoms with Crippen molar-refractivity contribution >= 4 is 11.6 Å². The first-order valence-corrected chi connectivity index (χ1v) is 7.83. The van der Waals surface area contributed by atoms with Gasteiger partial charge in [0.05, 0.1) is 7.11 Å². The summed E-state index contributed by atoms with van der Waals surface area (Å²) in [7, 11) is 3.47. The Bertz CT molecular complexity index is 628. The van der Waals surface area contributed by atoms with E-state index in [0.717, 1.165) is 23.4 Å². The number of methoxy groups -OCH3 is 1. The Balaban J connectivity index is 2.02. The lowest BCUT2D eigenvalue weighted by molar-refractivity contribution is -0.131. The molecule has 0 aliphatic carbocycles. The number of amides is 1. The van der Waals surface area contributed by atoms with E-state index in [1.165, 1.54) is 0 Å². The van der Waals surface area contributed by atoms with Crippen LogP contribution in [0.15, 0.2) is 54.6 Å². The molecule has 0 heterocycles. The summed E-state index contributed by atoms with van der Waals surface area (Å²) in [6, 6.07) is 17.4. The summed E-state index contributed by atoms with van der Waals surface area (Å²) < 4.78 is 5.22. The van der Waals surface area contributed by atoms with Crippen molar-refractivity contribution in [3.05, 3.63) is 60.2 Å². The molecule has 4 nitrogen and oxygen atoms in total. The van der Waals surface area contributed by atoms with Gasteiger partial charge < -0.3 is 15.0 Å². The van der Waals surface area contributed by atoms with Crippen molar-refractivity contribution in [1.29, 1.82) is 0 Å². The minimum Gasteiger partial charge on any atom is -0.497 e. The number of ether oxygens (including phenoxy) is 1. The van der Waals surface area contributed by atoms with E-state index >= 15 is 0 Å². The van der Waals surface area contributed by atoms with Crippen molar-refractivity contribution < 1.29 is 9.53 Å². The molecule has 2 aromatic rings. The summed E-state index contributed by atoms with van der Waals surface area (Å²) in [6.45, 7) is 2.61. The Morgan fingerprint density at radius 2 is 1.91 bits per heavy atom. The van der Waals surface area contributed by atoms with Crippen LogP contribution in [0.3, 0.4) is 0 Å². The van der Waals surface area contributed by atoms with Crippen molar-refractivity contribution in [3.8, 4) is 5.75 Å². The summed E-state index contributed by atoms with van der Waals surface area (Å²) in [5.74, 6) is 0.856. The van der Waals surface area contributed by atoms with E-state index in [9.17, 15) is 4.79 Å². The third kappa shape index (κ3) is 4.74. The van der Waals surface area contributed by atoms with Crippen LogP contribution in [0, 0.1) is 0 Å². The molecule has 0 saturated heterocycles. The minimum atomic E-state index is -0.254. The molecular weight excluding hydrogens is 288 g/mol. The molecule has 0 spiro atoms. The highest BCUT2D eigenvalue weighted by molar-refractivity contribution is 5.84. The van der Waals surface area contributed by atoms with Crippen LogP contribution in [0.25, 0.3) is 0 Å². The Labute approximate surface area is 138 Å². The lowest BCUT2D eigenvalue weighted by atomic mass is 10.1. The fourth-order valence-electron chi connectivity index (χ4n) is 2.45. The van der Waals surface area contributed by atoms with E-state index in [4.69, 9.17) is 4.74 Å². The van der Waals surface area contributed by atoms with E-state index in [0.29, 0.717) is 6.54 Å². The van der Waals surface area contributed by atoms with Gasteiger partial charge in [-0.25, -0.2) is 0 Å². The monoisotopic (exact) mass is 312 g/mol. The molecule has 0 saturated carbocycles. The van der Waals surface area contributed by atoms with Crippen molar-refractivity contribution in [1.82, 2.24) is 4.90 Å². The average Bonchev–Trinajstić information content (AvgIpc) is 2.60. The van der Waals surface area contributed by atoms with Gasteiger partial charge in [-0.2, -0.15) is 0 Å². The molecule has 0 aliphatic rings. The average molecular weight is 312 g/mol. The molecule has 0 aromatic heterocycles. The first kappa shape index (κ1) is 16.9. The van der Waals surface area contributed by atoms with E-state index in [1.54, 1.807) is 12.0 Å². The van der Waals surface area contributed by atoms with Gasteiger partial charge in [-0.05, 0) is 24.1 Å². The topological polar surface area (TPSA) is 41.6 Å². The summed E-state index contributed by atoms with van der Waals surface area (Å²) in [4.78, 5) is 14.4. The van der Waals surface area contributed by atoms with Crippen LogP contribution in [0.1, 0.15) is 18.9 Å². The molecule has 0 bridgehead atoms. The minimum absolute atomic E-state index is 0.0826. The summed E-state index contributed by atoms with van der Waals surface area (Å²) in [5.41, 5.74) is 2.01. The highest BCUT2D eigenvalue weighted by Gasteiger charge is 2.20. The zero-order valence-corrected chi connectivity index (χ0v) is 14.0. The second-order valence-corrected chi connectivity index (χ2v) is 5.52. The standard InChI is InChI=1S/C19H24N2O2/c1-4-18(20-16-11-8-12-17(13-16)23-3)19(22)21(2)14-15-9-6-5-7-10-15/h5-13,18,20H,4,14H2,1-3H3.